The number of rotatable bonds is 4. The van der Waals surface area contributed by atoms with Gasteiger partial charge in [0.1, 0.15) is 11.3 Å². The first kappa shape index (κ1) is 16.1. The number of benzene rings is 1. The molecule has 0 spiro atoms. The summed E-state index contributed by atoms with van der Waals surface area (Å²) in [4.78, 5) is 20.8. The minimum atomic E-state index is 0.129. The van der Waals surface area contributed by atoms with E-state index in [9.17, 15) is 4.79 Å². The molecule has 0 aliphatic heterocycles. The minimum absolute atomic E-state index is 0.129. The second kappa shape index (κ2) is 6.86. The van der Waals surface area contributed by atoms with Gasteiger partial charge in [0.05, 0.1) is 11.6 Å². The summed E-state index contributed by atoms with van der Waals surface area (Å²) >= 11 is 0. The third-order valence-corrected chi connectivity index (χ3v) is 5.35. The van der Waals surface area contributed by atoms with E-state index in [4.69, 9.17) is 10.5 Å². The number of carbonyl (C=O) groups excluding carboxylic acids is 1. The maximum absolute atomic E-state index is 12.1. The molecule has 1 heterocycles. The SMILES string of the molecule is Nc1cc(OC2CCC(NC(=O)C3CCC3)CC2)c2nccnc2c1. The summed E-state index contributed by atoms with van der Waals surface area (Å²) < 4.78 is 6.19. The molecular weight excluding hydrogens is 316 g/mol. The Morgan fingerprint density at radius 2 is 1.84 bits per heavy atom. The summed E-state index contributed by atoms with van der Waals surface area (Å²) in [5.41, 5.74) is 8.08. The van der Waals surface area contributed by atoms with Crippen molar-refractivity contribution < 1.29 is 9.53 Å². The van der Waals surface area contributed by atoms with Gasteiger partial charge >= 0.3 is 0 Å². The summed E-state index contributed by atoms with van der Waals surface area (Å²) in [5.74, 6) is 1.20. The van der Waals surface area contributed by atoms with Gasteiger partial charge in [-0.25, -0.2) is 4.98 Å². The van der Waals surface area contributed by atoms with Crippen molar-refractivity contribution in [3.63, 3.8) is 0 Å². The van der Waals surface area contributed by atoms with E-state index in [1.807, 2.05) is 12.1 Å². The second-order valence-electron chi connectivity index (χ2n) is 7.17. The average Bonchev–Trinajstić information content (AvgIpc) is 2.55. The number of nitrogens with two attached hydrogens (primary N) is 1. The first-order chi connectivity index (χ1) is 12.2. The van der Waals surface area contributed by atoms with Crippen LogP contribution in [0.15, 0.2) is 24.5 Å². The maximum Gasteiger partial charge on any atom is 0.223 e. The third kappa shape index (κ3) is 3.52. The maximum atomic E-state index is 12.1. The Kier molecular flexibility index (Phi) is 4.42. The summed E-state index contributed by atoms with van der Waals surface area (Å²) in [6.45, 7) is 0. The quantitative estimate of drug-likeness (QED) is 0.835. The predicted octanol–water partition coefficient (Wildman–Crippen LogP) is 2.82. The molecule has 2 aliphatic carbocycles. The van der Waals surface area contributed by atoms with Crippen LogP contribution in [0.1, 0.15) is 44.9 Å². The fourth-order valence-electron chi connectivity index (χ4n) is 3.65. The van der Waals surface area contributed by atoms with Crippen molar-refractivity contribution in [2.75, 3.05) is 5.73 Å². The van der Waals surface area contributed by atoms with Crippen LogP contribution in [0.4, 0.5) is 5.69 Å². The van der Waals surface area contributed by atoms with Gasteiger partial charge in [0.15, 0.2) is 0 Å². The summed E-state index contributed by atoms with van der Waals surface area (Å²) in [5, 5.41) is 3.21. The highest BCUT2D eigenvalue weighted by Crippen LogP contribution is 2.31. The van der Waals surface area contributed by atoms with Gasteiger partial charge in [0.25, 0.3) is 0 Å². The van der Waals surface area contributed by atoms with Crippen LogP contribution in [-0.4, -0.2) is 28.0 Å². The number of hydrogen-bond donors (Lipinski definition) is 2. The molecule has 1 amide bonds. The minimum Gasteiger partial charge on any atom is -0.488 e. The van der Waals surface area contributed by atoms with Crippen LogP contribution in [0, 0.1) is 5.92 Å². The molecule has 0 saturated heterocycles. The number of carbonyl (C=O) groups is 1. The monoisotopic (exact) mass is 340 g/mol. The fraction of sp³-hybridized carbons (Fsp3) is 0.526. The number of ether oxygens (including phenoxy) is 1. The van der Waals surface area contributed by atoms with E-state index in [1.165, 1.54) is 6.42 Å². The van der Waals surface area contributed by atoms with Crippen molar-refractivity contribution in [3.8, 4) is 5.75 Å². The van der Waals surface area contributed by atoms with Crippen LogP contribution in [0.2, 0.25) is 0 Å². The van der Waals surface area contributed by atoms with E-state index in [0.29, 0.717) is 11.4 Å². The highest BCUT2D eigenvalue weighted by molar-refractivity contribution is 5.84. The molecule has 0 radical (unpaired) electrons. The molecule has 6 nitrogen and oxygen atoms in total. The normalized spacial score (nSPS) is 23.8. The van der Waals surface area contributed by atoms with Crippen molar-refractivity contribution in [2.45, 2.75) is 57.1 Å². The second-order valence-corrected chi connectivity index (χ2v) is 7.17. The van der Waals surface area contributed by atoms with Crippen LogP contribution in [-0.2, 0) is 4.79 Å². The Morgan fingerprint density at radius 3 is 2.56 bits per heavy atom. The largest absolute Gasteiger partial charge is 0.488 e. The zero-order valence-electron chi connectivity index (χ0n) is 14.3. The van der Waals surface area contributed by atoms with Gasteiger partial charge in [-0.05, 0) is 44.6 Å². The fourth-order valence-corrected chi connectivity index (χ4v) is 3.65. The summed E-state index contributed by atoms with van der Waals surface area (Å²) in [6.07, 6.45) is 10.5. The van der Waals surface area contributed by atoms with E-state index in [1.54, 1.807) is 12.4 Å². The van der Waals surface area contributed by atoms with Crippen LogP contribution in [0.5, 0.6) is 5.75 Å². The van der Waals surface area contributed by atoms with Crippen molar-refractivity contribution in [3.05, 3.63) is 24.5 Å². The van der Waals surface area contributed by atoms with Crippen molar-refractivity contribution in [1.82, 2.24) is 15.3 Å². The van der Waals surface area contributed by atoms with E-state index in [2.05, 4.69) is 15.3 Å². The molecule has 2 saturated carbocycles. The van der Waals surface area contributed by atoms with Gasteiger partial charge in [0, 0.05) is 36.1 Å². The molecule has 132 valence electrons. The Bertz CT molecular complexity index is 767. The molecule has 0 unspecified atom stereocenters. The van der Waals surface area contributed by atoms with Crippen LogP contribution < -0.4 is 15.8 Å². The average molecular weight is 340 g/mol. The van der Waals surface area contributed by atoms with E-state index >= 15 is 0 Å². The molecule has 0 bridgehead atoms. The first-order valence-electron chi connectivity index (χ1n) is 9.16. The molecule has 1 aromatic carbocycles. The lowest BCUT2D eigenvalue weighted by atomic mass is 9.84. The highest BCUT2D eigenvalue weighted by atomic mass is 16.5. The number of anilines is 1. The molecule has 6 heteroatoms. The molecule has 2 aliphatic rings. The van der Waals surface area contributed by atoms with E-state index < -0.39 is 0 Å². The molecule has 0 atom stereocenters. The topological polar surface area (TPSA) is 90.1 Å². The van der Waals surface area contributed by atoms with Crippen molar-refractivity contribution >= 4 is 22.6 Å². The lowest BCUT2D eigenvalue weighted by Crippen LogP contribution is -2.43. The van der Waals surface area contributed by atoms with Gasteiger partial charge in [0.2, 0.25) is 5.91 Å². The molecular formula is C19H24N4O2. The number of nitrogens with zero attached hydrogens (tertiary/aromatic N) is 2. The molecule has 1 aromatic heterocycles. The molecule has 4 rings (SSSR count). The highest BCUT2D eigenvalue weighted by Gasteiger charge is 2.29. The lowest BCUT2D eigenvalue weighted by molar-refractivity contribution is -0.128. The van der Waals surface area contributed by atoms with Crippen LogP contribution >= 0.6 is 0 Å². The molecule has 2 aromatic rings. The van der Waals surface area contributed by atoms with Crippen LogP contribution in [0.3, 0.4) is 0 Å². The summed E-state index contributed by atoms with van der Waals surface area (Å²) in [7, 11) is 0. The van der Waals surface area contributed by atoms with Crippen molar-refractivity contribution in [2.24, 2.45) is 5.92 Å². The predicted molar refractivity (Wildman–Crippen MR) is 96.1 cm³/mol. The van der Waals surface area contributed by atoms with Gasteiger partial charge in [-0.3, -0.25) is 9.78 Å². The Balaban J connectivity index is 1.36. The number of aromatic nitrogens is 2. The van der Waals surface area contributed by atoms with Gasteiger partial charge < -0.3 is 15.8 Å². The Labute approximate surface area is 147 Å². The number of nitrogens with one attached hydrogen (secondary N) is 1. The van der Waals surface area contributed by atoms with E-state index in [0.717, 1.165) is 49.6 Å². The third-order valence-electron chi connectivity index (χ3n) is 5.35. The Hall–Kier alpha value is -2.37. The molecule has 3 N–H and O–H groups in total. The first-order valence-corrected chi connectivity index (χ1v) is 9.16. The van der Waals surface area contributed by atoms with Crippen LogP contribution in [0.25, 0.3) is 11.0 Å². The smallest absolute Gasteiger partial charge is 0.223 e. The zero-order valence-corrected chi connectivity index (χ0v) is 14.3. The lowest BCUT2D eigenvalue weighted by Gasteiger charge is -2.32. The molecule has 2 fully saturated rings. The van der Waals surface area contributed by atoms with Gasteiger partial charge in [-0.1, -0.05) is 6.42 Å². The standard InChI is InChI=1S/C19H24N4O2/c20-13-10-16-18(22-9-8-21-16)17(11-13)25-15-6-4-14(5-7-15)23-19(24)12-2-1-3-12/h8-12,14-15H,1-7,20H2,(H,23,24). The number of fused-ring (bicyclic) bond motifs is 1. The number of hydrogen-bond acceptors (Lipinski definition) is 5. The molecule has 25 heavy (non-hydrogen) atoms. The number of amides is 1. The zero-order chi connectivity index (χ0) is 17.2. The van der Waals surface area contributed by atoms with E-state index in [-0.39, 0.29) is 24.0 Å². The van der Waals surface area contributed by atoms with Gasteiger partial charge in [-0.2, -0.15) is 0 Å². The number of nitrogen functional groups attached to an aromatic ring is 1. The Morgan fingerprint density at radius 1 is 1.08 bits per heavy atom. The van der Waals surface area contributed by atoms with Crippen molar-refractivity contribution in [1.29, 1.82) is 0 Å². The summed E-state index contributed by atoms with van der Waals surface area (Å²) in [6, 6.07) is 3.91. The van der Waals surface area contributed by atoms with Gasteiger partial charge in [-0.15, -0.1) is 0 Å².